The third-order valence-corrected chi connectivity index (χ3v) is 3.38. The molecule has 0 fully saturated rings. The zero-order chi connectivity index (χ0) is 12.7. The molecule has 0 saturated carbocycles. The summed E-state index contributed by atoms with van der Waals surface area (Å²) < 4.78 is 11.0. The highest BCUT2D eigenvalue weighted by atomic mass is 35.5. The molecule has 1 aliphatic rings. The molecular weight excluding hydrogens is 250 g/mol. The molecule has 0 saturated heterocycles. The molecule has 18 heavy (non-hydrogen) atoms. The van der Waals surface area contributed by atoms with Gasteiger partial charge in [0.1, 0.15) is 17.6 Å². The van der Waals surface area contributed by atoms with E-state index in [0.29, 0.717) is 11.0 Å². The first-order chi connectivity index (χ1) is 8.63. The van der Waals surface area contributed by atoms with E-state index >= 15 is 0 Å². The van der Waals surface area contributed by atoms with Gasteiger partial charge in [0, 0.05) is 6.42 Å². The lowest BCUT2D eigenvalue weighted by atomic mass is 10.0. The van der Waals surface area contributed by atoms with Crippen LogP contribution in [0.15, 0.2) is 34.7 Å². The van der Waals surface area contributed by atoms with Crippen LogP contribution in [0.1, 0.15) is 29.9 Å². The lowest BCUT2D eigenvalue weighted by molar-refractivity contribution is 0.254. The highest BCUT2D eigenvalue weighted by Gasteiger charge is 2.21. The van der Waals surface area contributed by atoms with Gasteiger partial charge in [0.05, 0.1) is 6.04 Å². The molecule has 2 N–H and O–H groups in total. The van der Waals surface area contributed by atoms with Crippen molar-refractivity contribution in [1.82, 2.24) is 0 Å². The fourth-order valence-corrected chi connectivity index (χ4v) is 2.45. The van der Waals surface area contributed by atoms with E-state index in [1.165, 1.54) is 5.56 Å². The largest absolute Gasteiger partial charge is 0.490 e. The normalized spacial score (nSPS) is 19.4. The molecule has 2 atom stereocenters. The molecule has 2 unspecified atom stereocenters. The van der Waals surface area contributed by atoms with Crippen molar-refractivity contribution in [2.24, 2.45) is 5.73 Å². The summed E-state index contributed by atoms with van der Waals surface area (Å²) in [4.78, 5) is 0. The summed E-state index contributed by atoms with van der Waals surface area (Å²) in [5.74, 6) is 1.63. The lowest BCUT2D eigenvalue weighted by Gasteiger charge is -2.10. The molecule has 0 radical (unpaired) electrons. The van der Waals surface area contributed by atoms with Crippen LogP contribution in [0.4, 0.5) is 0 Å². The van der Waals surface area contributed by atoms with Gasteiger partial charge in [0.15, 0.2) is 5.22 Å². The van der Waals surface area contributed by atoms with Gasteiger partial charge in [-0.2, -0.15) is 0 Å². The second-order valence-corrected chi connectivity index (χ2v) is 4.99. The summed E-state index contributed by atoms with van der Waals surface area (Å²) in [7, 11) is 0. The van der Waals surface area contributed by atoms with Crippen LogP contribution >= 0.6 is 11.6 Å². The van der Waals surface area contributed by atoms with Gasteiger partial charge in [-0.3, -0.25) is 0 Å². The lowest BCUT2D eigenvalue weighted by Crippen LogP contribution is -2.11. The molecule has 0 aliphatic carbocycles. The standard InChI is InChI=1S/C14H14ClNO2/c1-8-6-10-7-9(2-3-11(10)17-8)14(16)12-4-5-13(15)18-12/h2-5,7-8,14H,6,16H2,1H3. The van der Waals surface area contributed by atoms with Crippen LogP contribution in [0, 0.1) is 0 Å². The molecular formula is C14H14ClNO2. The number of fused-ring (bicyclic) bond motifs is 1. The summed E-state index contributed by atoms with van der Waals surface area (Å²) in [5.41, 5.74) is 8.38. The van der Waals surface area contributed by atoms with Crippen LogP contribution in [-0.2, 0) is 6.42 Å². The van der Waals surface area contributed by atoms with Crippen molar-refractivity contribution in [1.29, 1.82) is 0 Å². The maximum Gasteiger partial charge on any atom is 0.193 e. The Morgan fingerprint density at radius 1 is 1.33 bits per heavy atom. The molecule has 0 bridgehead atoms. The monoisotopic (exact) mass is 263 g/mol. The molecule has 4 heteroatoms. The quantitative estimate of drug-likeness (QED) is 0.904. The Kier molecular flexibility index (Phi) is 2.80. The predicted octanol–water partition coefficient (Wildman–Crippen LogP) is 3.30. The first-order valence-corrected chi connectivity index (χ1v) is 6.31. The third kappa shape index (κ3) is 2.00. The van der Waals surface area contributed by atoms with Gasteiger partial charge in [-0.05, 0) is 53.9 Å². The fourth-order valence-electron chi connectivity index (χ4n) is 2.30. The van der Waals surface area contributed by atoms with Crippen molar-refractivity contribution >= 4 is 11.6 Å². The number of hydrogen-bond donors (Lipinski definition) is 1. The zero-order valence-corrected chi connectivity index (χ0v) is 10.8. The number of hydrogen-bond acceptors (Lipinski definition) is 3. The average Bonchev–Trinajstić information content (AvgIpc) is 2.92. The van der Waals surface area contributed by atoms with Crippen molar-refractivity contribution < 1.29 is 9.15 Å². The minimum Gasteiger partial charge on any atom is -0.490 e. The number of rotatable bonds is 2. The molecule has 3 nitrogen and oxygen atoms in total. The number of furan rings is 1. The van der Waals surface area contributed by atoms with Crippen molar-refractivity contribution in [3.63, 3.8) is 0 Å². The van der Waals surface area contributed by atoms with E-state index in [1.807, 2.05) is 12.1 Å². The Morgan fingerprint density at radius 2 is 2.17 bits per heavy atom. The van der Waals surface area contributed by atoms with E-state index in [0.717, 1.165) is 17.7 Å². The predicted molar refractivity (Wildman–Crippen MR) is 70.0 cm³/mol. The van der Waals surface area contributed by atoms with E-state index in [9.17, 15) is 0 Å². The SMILES string of the molecule is CC1Cc2cc(C(N)c3ccc(Cl)o3)ccc2O1. The van der Waals surface area contributed by atoms with Crippen molar-refractivity contribution in [2.45, 2.75) is 25.5 Å². The molecule has 2 heterocycles. The highest BCUT2D eigenvalue weighted by molar-refractivity contribution is 6.28. The third-order valence-electron chi connectivity index (χ3n) is 3.18. The van der Waals surface area contributed by atoms with E-state index < -0.39 is 0 Å². The smallest absolute Gasteiger partial charge is 0.193 e. The van der Waals surface area contributed by atoms with Gasteiger partial charge in [-0.1, -0.05) is 6.07 Å². The van der Waals surface area contributed by atoms with Gasteiger partial charge in [0.25, 0.3) is 0 Å². The van der Waals surface area contributed by atoms with Crippen LogP contribution in [0.2, 0.25) is 5.22 Å². The summed E-state index contributed by atoms with van der Waals surface area (Å²) in [5, 5.41) is 0.360. The van der Waals surface area contributed by atoms with Gasteiger partial charge in [-0.25, -0.2) is 0 Å². The molecule has 1 aromatic carbocycles. The summed E-state index contributed by atoms with van der Waals surface area (Å²) in [6.45, 7) is 2.06. The Balaban J connectivity index is 1.91. The first kappa shape index (κ1) is 11.6. The summed E-state index contributed by atoms with van der Waals surface area (Å²) >= 11 is 5.76. The Hall–Kier alpha value is -1.45. The second-order valence-electron chi connectivity index (χ2n) is 4.62. The van der Waals surface area contributed by atoms with Gasteiger partial charge in [0.2, 0.25) is 0 Å². The number of benzene rings is 1. The number of ether oxygens (including phenoxy) is 1. The maximum absolute atomic E-state index is 6.17. The van der Waals surface area contributed by atoms with E-state index in [2.05, 4.69) is 13.0 Å². The fraction of sp³-hybridized carbons (Fsp3) is 0.286. The molecule has 0 spiro atoms. The van der Waals surface area contributed by atoms with Crippen molar-refractivity contribution in [3.05, 3.63) is 52.4 Å². The van der Waals surface area contributed by atoms with Crippen LogP contribution in [0.5, 0.6) is 5.75 Å². The van der Waals surface area contributed by atoms with E-state index in [-0.39, 0.29) is 12.1 Å². The minimum atomic E-state index is -0.293. The minimum absolute atomic E-state index is 0.240. The van der Waals surface area contributed by atoms with Crippen molar-refractivity contribution in [2.75, 3.05) is 0 Å². The maximum atomic E-state index is 6.17. The summed E-state index contributed by atoms with van der Waals surface area (Å²) in [6.07, 6.45) is 1.17. The Morgan fingerprint density at radius 3 is 2.89 bits per heavy atom. The molecule has 94 valence electrons. The average molecular weight is 264 g/mol. The molecule has 1 aromatic heterocycles. The molecule has 2 aromatic rings. The molecule has 0 amide bonds. The Bertz CT molecular complexity index is 579. The molecule has 3 rings (SSSR count). The van der Waals surface area contributed by atoms with Gasteiger partial charge >= 0.3 is 0 Å². The van der Waals surface area contributed by atoms with Crippen LogP contribution in [-0.4, -0.2) is 6.10 Å². The zero-order valence-electron chi connectivity index (χ0n) is 10.0. The highest BCUT2D eigenvalue weighted by Crippen LogP contribution is 2.32. The topological polar surface area (TPSA) is 48.4 Å². The van der Waals surface area contributed by atoms with Crippen LogP contribution in [0.25, 0.3) is 0 Å². The molecule has 1 aliphatic heterocycles. The number of halogens is 1. The van der Waals surface area contributed by atoms with Crippen molar-refractivity contribution in [3.8, 4) is 5.75 Å². The van der Waals surface area contributed by atoms with E-state index in [4.69, 9.17) is 26.5 Å². The first-order valence-electron chi connectivity index (χ1n) is 5.94. The Labute approximate surface area is 110 Å². The van der Waals surface area contributed by atoms with E-state index in [1.54, 1.807) is 12.1 Å². The second kappa shape index (κ2) is 4.34. The van der Waals surface area contributed by atoms with Crippen LogP contribution in [0.3, 0.4) is 0 Å². The number of nitrogens with two attached hydrogens (primary N) is 1. The van der Waals surface area contributed by atoms with Gasteiger partial charge in [-0.15, -0.1) is 0 Å². The van der Waals surface area contributed by atoms with Crippen LogP contribution < -0.4 is 10.5 Å². The van der Waals surface area contributed by atoms with Gasteiger partial charge < -0.3 is 14.9 Å². The summed E-state index contributed by atoms with van der Waals surface area (Å²) in [6, 6.07) is 9.24.